The lowest BCUT2D eigenvalue weighted by Crippen LogP contribution is -2.31. The lowest BCUT2D eigenvalue weighted by Gasteiger charge is -2.09. The molecule has 20 heavy (non-hydrogen) atoms. The standard InChI is InChI=1S/C16H19N3O/c1-12-5-3-7-14(11-12)8-10-18-16(20)19-15-13(2)6-4-9-17-15/h3-7,9,11H,8,10H2,1-2H3,(H2,17,18,19,20). The van der Waals surface area contributed by atoms with E-state index >= 15 is 0 Å². The first kappa shape index (κ1) is 14.1. The number of urea groups is 1. The summed E-state index contributed by atoms with van der Waals surface area (Å²) in [6.07, 6.45) is 2.48. The minimum Gasteiger partial charge on any atom is -0.337 e. The van der Waals surface area contributed by atoms with E-state index in [1.165, 1.54) is 11.1 Å². The molecular formula is C16H19N3O. The predicted molar refractivity (Wildman–Crippen MR) is 80.9 cm³/mol. The SMILES string of the molecule is Cc1cccc(CCNC(=O)Nc2ncccc2C)c1. The zero-order chi connectivity index (χ0) is 14.4. The Labute approximate surface area is 119 Å². The van der Waals surface area contributed by atoms with Crippen molar-refractivity contribution in [1.29, 1.82) is 0 Å². The van der Waals surface area contributed by atoms with E-state index in [9.17, 15) is 4.79 Å². The number of rotatable bonds is 4. The fraction of sp³-hybridized carbons (Fsp3) is 0.250. The molecule has 104 valence electrons. The summed E-state index contributed by atoms with van der Waals surface area (Å²) in [5.74, 6) is 0.598. The zero-order valence-electron chi connectivity index (χ0n) is 11.8. The van der Waals surface area contributed by atoms with Gasteiger partial charge in [0.15, 0.2) is 0 Å². The summed E-state index contributed by atoms with van der Waals surface area (Å²) in [6, 6.07) is 11.8. The first-order valence-electron chi connectivity index (χ1n) is 6.67. The Bertz CT molecular complexity index is 596. The van der Waals surface area contributed by atoms with Gasteiger partial charge in [0.1, 0.15) is 5.82 Å². The smallest absolute Gasteiger partial charge is 0.320 e. The Balaban J connectivity index is 1.80. The Morgan fingerprint density at radius 1 is 1.20 bits per heavy atom. The van der Waals surface area contributed by atoms with Crippen molar-refractivity contribution in [2.24, 2.45) is 0 Å². The van der Waals surface area contributed by atoms with E-state index in [1.807, 2.05) is 25.1 Å². The van der Waals surface area contributed by atoms with E-state index in [-0.39, 0.29) is 6.03 Å². The van der Waals surface area contributed by atoms with E-state index in [0.717, 1.165) is 12.0 Å². The van der Waals surface area contributed by atoms with E-state index in [1.54, 1.807) is 6.20 Å². The molecule has 0 bridgehead atoms. The molecule has 0 radical (unpaired) electrons. The molecule has 2 aromatic rings. The third-order valence-corrected chi connectivity index (χ3v) is 3.02. The van der Waals surface area contributed by atoms with Gasteiger partial charge in [-0.05, 0) is 37.5 Å². The third kappa shape index (κ3) is 4.09. The molecule has 2 amide bonds. The zero-order valence-corrected chi connectivity index (χ0v) is 11.8. The van der Waals surface area contributed by atoms with Crippen molar-refractivity contribution in [2.75, 3.05) is 11.9 Å². The first-order chi connectivity index (χ1) is 9.65. The first-order valence-corrected chi connectivity index (χ1v) is 6.67. The molecule has 0 saturated heterocycles. The highest BCUT2D eigenvalue weighted by Crippen LogP contribution is 2.08. The normalized spacial score (nSPS) is 10.1. The van der Waals surface area contributed by atoms with Gasteiger partial charge in [0.2, 0.25) is 0 Å². The fourth-order valence-corrected chi connectivity index (χ4v) is 1.96. The van der Waals surface area contributed by atoms with Crippen molar-refractivity contribution >= 4 is 11.8 Å². The van der Waals surface area contributed by atoms with Crippen molar-refractivity contribution < 1.29 is 4.79 Å². The van der Waals surface area contributed by atoms with Crippen molar-refractivity contribution in [1.82, 2.24) is 10.3 Å². The Hall–Kier alpha value is -2.36. The maximum Gasteiger partial charge on any atom is 0.320 e. The van der Waals surface area contributed by atoms with Crippen LogP contribution >= 0.6 is 0 Å². The third-order valence-electron chi connectivity index (χ3n) is 3.02. The quantitative estimate of drug-likeness (QED) is 0.896. The molecule has 0 unspecified atom stereocenters. The molecule has 1 heterocycles. The number of nitrogens with zero attached hydrogens (tertiary/aromatic N) is 1. The summed E-state index contributed by atoms with van der Waals surface area (Å²) in [5.41, 5.74) is 3.40. The van der Waals surface area contributed by atoms with Crippen LogP contribution in [0.4, 0.5) is 10.6 Å². The average Bonchev–Trinajstić information content (AvgIpc) is 2.41. The molecule has 0 aliphatic rings. The van der Waals surface area contributed by atoms with Gasteiger partial charge in [-0.2, -0.15) is 0 Å². The van der Waals surface area contributed by atoms with Crippen molar-refractivity contribution in [2.45, 2.75) is 20.3 Å². The van der Waals surface area contributed by atoms with Crippen LogP contribution in [-0.4, -0.2) is 17.6 Å². The molecule has 1 aromatic carbocycles. The number of carbonyl (C=O) groups excluding carboxylic acids is 1. The topological polar surface area (TPSA) is 54.0 Å². The monoisotopic (exact) mass is 269 g/mol. The number of hydrogen-bond acceptors (Lipinski definition) is 2. The van der Waals surface area contributed by atoms with Crippen LogP contribution in [0.3, 0.4) is 0 Å². The van der Waals surface area contributed by atoms with Gasteiger partial charge in [-0.25, -0.2) is 9.78 Å². The maximum atomic E-state index is 11.8. The van der Waals surface area contributed by atoms with Crippen LogP contribution in [0, 0.1) is 13.8 Å². The molecule has 1 aromatic heterocycles. The minimum atomic E-state index is -0.223. The summed E-state index contributed by atoms with van der Waals surface area (Å²) in [6.45, 7) is 4.57. The number of anilines is 1. The van der Waals surface area contributed by atoms with Crippen LogP contribution in [0.1, 0.15) is 16.7 Å². The fourth-order valence-electron chi connectivity index (χ4n) is 1.96. The lowest BCUT2D eigenvalue weighted by atomic mass is 10.1. The van der Waals surface area contributed by atoms with E-state index in [2.05, 4.69) is 40.7 Å². The minimum absolute atomic E-state index is 0.223. The van der Waals surface area contributed by atoms with Crippen LogP contribution < -0.4 is 10.6 Å². The van der Waals surface area contributed by atoms with Crippen molar-refractivity contribution in [3.05, 3.63) is 59.3 Å². The molecule has 0 fully saturated rings. The molecule has 0 atom stereocenters. The van der Waals surface area contributed by atoms with Crippen LogP contribution in [0.25, 0.3) is 0 Å². The Morgan fingerprint density at radius 3 is 2.80 bits per heavy atom. The highest BCUT2D eigenvalue weighted by Gasteiger charge is 2.04. The Kier molecular flexibility index (Phi) is 4.71. The van der Waals surface area contributed by atoms with Gasteiger partial charge in [-0.3, -0.25) is 5.32 Å². The second kappa shape index (κ2) is 6.70. The van der Waals surface area contributed by atoms with Crippen LogP contribution in [0.5, 0.6) is 0 Å². The average molecular weight is 269 g/mol. The number of aromatic nitrogens is 1. The molecule has 4 nitrogen and oxygen atoms in total. The molecular weight excluding hydrogens is 250 g/mol. The summed E-state index contributed by atoms with van der Waals surface area (Å²) >= 11 is 0. The molecule has 2 rings (SSSR count). The van der Waals surface area contributed by atoms with Gasteiger partial charge >= 0.3 is 6.03 Å². The number of carbonyl (C=O) groups is 1. The van der Waals surface area contributed by atoms with Crippen LogP contribution in [0.2, 0.25) is 0 Å². The molecule has 0 spiro atoms. The number of pyridine rings is 1. The molecule has 0 aliphatic carbocycles. The van der Waals surface area contributed by atoms with Crippen molar-refractivity contribution in [3.63, 3.8) is 0 Å². The lowest BCUT2D eigenvalue weighted by molar-refractivity contribution is 0.252. The summed E-state index contributed by atoms with van der Waals surface area (Å²) in [4.78, 5) is 15.9. The number of benzene rings is 1. The molecule has 4 heteroatoms. The highest BCUT2D eigenvalue weighted by atomic mass is 16.2. The van der Waals surface area contributed by atoms with Gasteiger partial charge in [-0.15, -0.1) is 0 Å². The van der Waals surface area contributed by atoms with Gasteiger partial charge in [0, 0.05) is 12.7 Å². The second-order valence-corrected chi connectivity index (χ2v) is 4.79. The number of amides is 2. The van der Waals surface area contributed by atoms with E-state index in [4.69, 9.17) is 0 Å². The van der Waals surface area contributed by atoms with Crippen LogP contribution in [-0.2, 0) is 6.42 Å². The Morgan fingerprint density at radius 2 is 2.05 bits per heavy atom. The van der Waals surface area contributed by atoms with Gasteiger partial charge in [0.25, 0.3) is 0 Å². The number of hydrogen-bond donors (Lipinski definition) is 2. The summed E-state index contributed by atoms with van der Waals surface area (Å²) < 4.78 is 0. The van der Waals surface area contributed by atoms with Crippen LogP contribution in [0.15, 0.2) is 42.6 Å². The number of nitrogens with one attached hydrogen (secondary N) is 2. The van der Waals surface area contributed by atoms with E-state index < -0.39 is 0 Å². The van der Waals surface area contributed by atoms with E-state index in [0.29, 0.717) is 12.4 Å². The number of aryl methyl sites for hydroxylation is 2. The van der Waals surface area contributed by atoms with Gasteiger partial charge in [-0.1, -0.05) is 35.9 Å². The largest absolute Gasteiger partial charge is 0.337 e. The van der Waals surface area contributed by atoms with Gasteiger partial charge in [0.05, 0.1) is 0 Å². The molecule has 0 aliphatic heterocycles. The van der Waals surface area contributed by atoms with Gasteiger partial charge < -0.3 is 5.32 Å². The molecule has 2 N–H and O–H groups in total. The van der Waals surface area contributed by atoms with Crippen molar-refractivity contribution in [3.8, 4) is 0 Å². The maximum absolute atomic E-state index is 11.8. The second-order valence-electron chi connectivity index (χ2n) is 4.79. The predicted octanol–water partition coefficient (Wildman–Crippen LogP) is 3.06. The summed E-state index contributed by atoms with van der Waals surface area (Å²) in [7, 11) is 0. The molecule has 0 saturated carbocycles. The highest BCUT2D eigenvalue weighted by molar-refractivity contribution is 5.88. The summed E-state index contributed by atoms with van der Waals surface area (Å²) in [5, 5.41) is 5.58.